The average Bonchev–Trinajstić information content (AvgIpc) is 3.67. The lowest BCUT2D eigenvalue weighted by molar-refractivity contribution is -0.312. The molecule has 3 nitrogen and oxygen atoms in total. The summed E-state index contributed by atoms with van der Waals surface area (Å²) in [6, 6.07) is 9.46. The smallest absolute Gasteiger partial charge is 0.169 e. The second-order valence-electron chi connectivity index (χ2n) is 14.7. The number of allylic oxidation sites excluding steroid dienone is 2. The van der Waals surface area contributed by atoms with Crippen LogP contribution < -0.4 is 0 Å². The lowest BCUT2D eigenvalue weighted by Gasteiger charge is -2.56. The van der Waals surface area contributed by atoms with Crippen molar-refractivity contribution in [3.8, 4) is 0 Å². The van der Waals surface area contributed by atoms with E-state index in [2.05, 4.69) is 50.0 Å². The van der Waals surface area contributed by atoms with Crippen molar-refractivity contribution in [1.29, 1.82) is 0 Å². The molecule has 37 heavy (non-hydrogen) atoms. The van der Waals surface area contributed by atoms with Crippen molar-refractivity contribution in [2.45, 2.75) is 96.7 Å². The molecule has 7 rings (SSSR count). The van der Waals surface area contributed by atoms with Crippen molar-refractivity contribution < 1.29 is 9.47 Å². The van der Waals surface area contributed by atoms with E-state index in [1.54, 1.807) is 5.56 Å². The number of fused-ring (bicyclic) bond motifs is 4. The Morgan fingerprint density at radius 2 is 1.59 bits per heavy atom. The zero-order valence-corrected chi connectivity index (χ0v) is 23.6. The Morgan fingerprint density at radius 3 is 2.30 bits per heavy atom. The van der Waals surface area contributed by atoms with Crippen LogP contribution in [0.2, 0.25) is 0 Å². The van der Waals surface area contributed by atoms with Crippen LogP contribution in [-0.4, -0.2) is 32.3 Å². The maximum Gasteiger partial charge on any atom is 0.169 e. The molecule has 5 aliphatic carbocycles. The molecule has 0 bridgehead atoms. The van der Waals surface area contributed by atoms with E-state index in [0.717, 1.165) is 49.7 Å². The van der Waals surface area contributed by atoms with Gasteiger partial charge in [0.05, 0.1) is 13.2 Å². The number of aliphatic imine (C=N–C) groups is 1. The van der Waals surface area contributed by atoms with Gasteiger partial charge in [-0.05, 0) is 97.5 Å². The molecule has 6 aliphatic rings. The van der Waals surface area contributed by atoms with Crippen LogP contribution in [0.1, 0.15) is 102 Å². The fourth-order valence-electron chi connectivity index (χ4n) is 9.80. The third kappa shape index (κ3) is 4.09. The molecule has 3 heteroatoms. The molecule has 0 radical (unpaired) electrons. The van der Waals surface area contributed by atoms with Crippen molar-refractivity contribution in [1.82, 2.24) is 0 Å². The van der Waals surface area contributed by atoms with Crippen LogP contribution in [0.4, 0.5) is 0 Å². The number of nitrogens with zero attached hydrogens (tertiary/aromatic N) is 1. The van der Waals surface area contributed by atoms with Crippen LogP contribution in [0.25, 0.3) is 0 Å². The van der Waals surface area contributed by atoms with Crippen LogP contribution in [0.5, 0.6) is 0 Å². The molecule has 0 aromatic heterocycles. The lowest BCUT2D eigenvalue weighted by atomic mass is 9.50. The molecule has 1 spiro atoms. The zero-order chi connectivity index (χ0) is 25.4. The van der Waals surface area contributed by atoms with E-state index in [4.69, 9.17) is 9.47 Å². The molecule has 1 aromatic carbocycles. The Kier molecular flexibility index (Phi) is 5.83. The second-order valence-corrected chi connectivity index (χ2v) is 14.7. The van der Waals surface area contributed by atoms with Crippen molar-refractivity contribution >= 4 is 6.21 Å². The molecular weight excluding hydrogens is 454 g/mol. The summed E-state index contributed by atoms with van der Waals surface area (Å²) in [5.74, 6) is 4.54. The Labute approximate surface area is 224 Å². The van der Waals surface area contributed by atoms with Gasteiger partial charge in [-0.1, -0.05) is 56.2 Å². The van der Waals surface area contributed by atoms with Crippen molar-refractivity contribution in [3.05, 3.63) is 46.5 Å². The summed E-state index contributed by atoms with van der Waals surface area (Å²) in [5.41, 5.74) is 7.10. The number of benzene rings is 1. The molecule has 1 aliphatic heterocycles. The number of hydrogen-bond donors (Lipinski definition) is 0. The molecule has 6 unspecified atom stereocenters. The average molecular weight is 502 g/mol. The van der Waals surface area contributed by atoms with Crippen molar-refractivity contribution in [3.63, 3.8) is 0 Å². The van der Waals surface area contributed by atoms with Gasteiger partial charge in [0.1, 0.15) is 0 Å². The normalized spacial score (nSPS) is 40.5. The van der Waals surface area contributed by atoms with Crippen LogP contribution in [0.3, 0.4) is 0 Å². The molecule has 1 aromatic rings. The second kappa shape index (κ2) is 8.78. The molecule has 5 fully saturated rings. The quantitative estimate of drug-likeness (QED) is 0.311. The third-order valence-electron chi connectivity index (χ3n) is 11.7. The minimum atomic E-state index is -0.332. The van der Waals surface area contributed by atoms with Crippen LogP contribution in [-0.2, 0) is 9.47 Å². The summed E-state index contributed by atoms with van der Waals surface area (Å²) in [6.45, 7) is 8.90. The highest BCUT2D eigenvalue weighted by atomic mass is 16.7. The summed E-state index contributed by atoms with van der Waals surface area (Å²) in [4.78, 5) is 4.25. The summed E-state index contributed by atoms with van der Waals surface area (Å²) < 4.78 is 13.1. The predicted octanol–water partition coefficient (Wildman–Crippen LogP) is 7.94. The van der Waals surface area contributed by atoms with Gasteiger partial charge in [0.25, 0.3) is 0 Å². The SMILES string of the molecule is CN=Cc1ccc(C2CC3(C)C(C4CC4)CCC3C3CCC4CC5(CCC4=C23)OCC(C)(C)CO5)cc1. The predicted molar refractivity (Wildman–Crippen MR) is 150 cm³/mol. The highest BCUT2D eigenvalue weighted by Crippen LogP contribution is 2.69. The highest BCUT2D eigenvalue weighted by molar-refractivity contribution is 5.79. The van der Waals surface area contributed by atoms with Gasteiger partial charge in [-0.15, -0.1) is 0 Å². The summed E-state index contributed by atoms with van der Waals surface area (Å²) >= 11 is 0. The van der Waals surface area contributed by atoms with Crippen molar-refractivity contribution in [2.75, 3.05) is 20.3 Å². The van der Waals surface area contributed by atoms with Gasteiger partial charge in [-0.25, -0.2) is 0 Å². The van der Waals surface area contributed by atoms with Crippen LogP contribution >= 0.6 is 0 Å². The molecule has 4 saturated carbocycles. The first-order chi connectivity index (χ1) is 17.8. The molecular formula is C34H47NO2. The van der Waals surface area contributed by atoms with E-state index in [1.807, 2.05) is 24.4 Å². The van der Waals surface area contributed by atoms with Gasteiger partial charge in [0.2, 0.25) is 0 Å². The molecule has 1 saturated heterocycles. The van der Waals surface area contributed by atoms with E-state index >= 15 is 0 Å². The maximum absolute atomic E-state index is 6.53. The topological polar surface area (TPSA) is 30.8 Å². The first-order valence-electron chi connectivity index (χ1n) is 15.3. The number of hydrogen-bond acceptors (Lipinski definition) is 3. The zero-order valence-electron chi connectivity index (χ0n) is 23.6. The maximum atomic E-state index is 6.53. The largest absolute Gasteiger partial charge is 0.349 e. The molecule has 0 amide bonds. The fourth-order valence-corrected chi connectivity index (χ4v) is 9.80. The van der Waals surface area contributed by atoms with Crippen LogP contribution in [0, 0.1) is 40.4 Å². The standard InChI is InChI=1S/C34H47NO2/c1-32(2)20-36-34(37-21-32)16-15-26-25(17-34)11-12-27-30-14-13-29(24-9-10-24)33(30,3)18-28(31(26)27)23-7-5-22(6-8-23)19-35-4/h5-8,19,24-25,27-30H,9-18,20-21H2,1-4H3. The Hall–Kier alpha value is -1.45. The van der Waals surface area contributed by atoms with E-state index in [-0.39, 0.29) is 11.2 Å². The minimum absolute atomic E-state index is 0.135. The van der Waals surface area contributed by atoms with Crippen LogP contribution in [0.15, 0.2) is 40.4 Å². The fraction of sp³-hybridized carbons (Fsp3) is 0.735. The van der Waals surface area contributed by atoms with Crippen molar-refractivity contribution in [2.24, 2.45) is 45.4 Å². The lowest BCUT2D eigenvalue weighted by Crippen LogP contribution is -2.52. The first kappa shape index (κ1) is 24.6. The van der Waals surface area contributed by atoms with Gasteiger partial charge in [0.15, 0.2) is 5.79 Å². The third-order valence-corrected chi connectivity index (χ3v) is 11.7. The molecule has 1 heterocycles. The van der Waals surface area contributed by atoms with Gasteiger partial charge in [-0.3, -0.25) is 4.99 Å². The van der Waals surface area contributed by atoms with E-state index < -0.39 is 0 Å². The van der Waals surface area contributed by atoms with Gasteiger partial charge < -0.3 is 9.47 Å². The van der Waals surface area contributed by atoms with Gasteiger partial charge >= 0.3 is 0 Å². The van der Waals surface area contributed by atoms with Gasteiger partial charge in [0, 0.05) is 37.4 Å². The molecule has 200 valence electrons. The summed E-state index contributed by atoms with van der Waals surface area (Å²) in [7, 11) is 1.87. The number of rotatable bonds is 3. The summed E-state index contributed by atoms with van der Waals surface area (Å²) in [5, 5.41) is 0. The Bertz CT molecular complexity index is 1090. The monoisotopic (exact) mass is 501 g/mol. The summed E-state index contributed by atoms with van der Waals surface area (Å²) in [6.07, 6.45) is 15.2. The van der Waals surface area contributed by atoms with E-state index in [0.29, 0.717) is 17.3 Å². The van der Waals surface area contributed by atoms with Gasteiger partial charge in [-0.2, -0.15) is 0 Å². The number of ether oxygens (including phenoxy) is 2. The highest BCUT2D eigenvalue weighted by Gasteiger charge is 2.60. The van der Waals surface area contributed by atoms with E-state index in [9.17, 15) is 0 Å². The minimum Gasteiger partial charge on any atom is -0.349 e. The Morgan fingerprint density at radius 1 is 0.865 bits per heavy atom. The molecule has 6 atom stereocenters. The Balaban J connectivity index is 1.26. The van der Waals surface area contributed by atoms with E-state index in [1.165, 1.54) is 56.9 Å². The molecule has 0 N–H and O–H groups in total. The first-order valence-corrected chi connectivity index (χ1v) is 15.3.